The van der Waals surface area contributed by atoms with E-state index < -0.39 is 0 Å². The maximum atomic E-state index is 4.67. The number of hydrogen-bond donors (Lipinski definition) is 0. The highest BCUT2D eigenvalue weighted by molar-refractivity contribution is 5.84. The number of pyridine rings is 1. The molecule has 0 N–H and O–H groups in total. The SMILES string of the molecule is C=CC1=C(N=C)N(c2ccccn2)c2ccc(-c3cccc(N(c4ccccc4)c4ccc(-c5ccccc5)cc4)c3)cc2C1(C)C. The van der Waals surface area contributed by atoms with Crippen LogP contribution in [0.3, 0.4) is 0 Å². The summed E-state index contributed by atoms with van der Waals surface area (Å²) in [5.74, 6) is 1.54. The van der Waals surface area contributed by atoms with Crippen molar-refractivity contribution in [2.24, 2.45) is 4.99 Å². The lowest BCUT2D eigenvalue weighted by Crippen LogP contribution is -2.33. The average Bonchev–Trinajstić information content (AvgIpc) is 3.13. The summed E-state index contributed by atoms with van der Waals surface area (Å²) in [5, 5.41) is 0. The molecule has 0 spiro atoms. The van der Waals surface area contributed by atoms with Crippen LogP contribution in [-0.4, -0.2) is 11.7 Å². The minimum Gasteiger partial charge on any atom is -0.310 e. The van der Waals surface area contributed by atoms with Crippen LogP contribution in [0.15, 0.2) is 181 Å². The number of hydrogen-bond acceptors (Lipinski definition) is 4. The molecular formula is C43H36N4. The summed E-state index contributed by atoms with van der Waals surface area (Å²) in [6.07, 6.45) is 3.70. The summed E-state index contributed by atoms with van der Waals surface area (Å²) in [5.41, 5.74) is 10.8. The Bertz CT molecular complexity index is 2080. The maximum Gasteiger partial charge on any atom is 0.142 e. The molecule has 47 heavy (non-hydrogen) atoms. The van der Waals surface area contributed by atoms with E-state index in [2.05, 4.69) is 168 Å². The first-order chi connectivity index (χ1) is 23.0. The number of allylic oxidation sites excluding steroid dienone is 2. The number of aliphatic imine (C=N–C) groups is 1. The van der Waals surface area contributed by atoms with Gasteiger partial charge in [-0.15, -0.1) is 0 Å². The second kappa shape index (κ2) is 12.4. The molecule has 1 aliphatic rings. The fourth-order valence-electron chi connectivity index (χ4n) is 6.57. The molecule has 2 heterocycles. The van der Waals surface area contributed by atoms with Gasteiger partial charge in [-0.1, -0.05) is 111 Å². The van der Waals surface area contributed by atoms with Crippen LogP contribution in [0.1, 0.15) is 19.4 Å². The molecule has 4 nitrogen and oxygen atoms in total. The molecule has 0 amide bonds. The van der Waals surface area contributed by atoms with Crippen molar-refractivity contribution in [1.29, 1.82) is 0 Å². The van der Waals surface area contributed by atoms with Gasteiger partial charge in [0.15, 0.2) is 0 Å². The monoisotopic (exact) mass is 608 g/mol. The number of aromatic nitrogens is 1. The van der Waals surface area contributed by atoms with E-state index in [9.17, 15) is 0 Å². The summed E-state index contributed by atoms with van der Waals surface area (Å²) in [4.78, 5) is 13.5. The lowest BCUT2D eigenvalue weighted by atomic mass is 9.73. The van der Waals surface area contributed by atoms with Gasteiger partial charge in [-0.05, 0) is 95.2 Å². The Hall–Kier alpha value is -6.00. The normalized spacial score (nSPS) is 13.5. The van der Waals surface area contributed by atoms with Crippen molar-refractivity contribution in [1.82, 2.24) is 4.98 Å². The Balaban J connectivity index is 1.32. The molecule has 0 fully saturated rings. The molecule has 0 saturated carbocycles. The average molecular weight is 609 g/mol. The van der Waals surface area contributed by atoms with E-state index in [1.54, 1.807) is 6.20 Å². The van der Waals surface area contributed by atoms with Gasteiger partial charge in [0.05, 0.1) is 5.69 Å². The quantitative estimate of drug-likeness (QED) is 0.161. The third kappa shape index (κ3) is 5.44. The topological polar surface area (TPSA) is 31.7 Å². The van der Waals surface area contributed by atoms with Crippen molar-refractivity contribution in [3.63, 3.8) is 0 Å². The first-order valence-corrected chi connectivity index (χ1v) is 15.8. The van der Waals surface area contributed by atoms with Gasteiger partial charge in [0.25, 0.3) is 0 Å². The van der Waals surface area contributed by atoms with E-state index in [1.165, 1.54) is 16.7 Å². The lowest BCUT2D eigenvalue weighted by Gasteiger charge is -2.41. The van der Waals surface area contributed by atoms with Crippen molar-refractivity contribution < 1.29 is 0 Å². The highest BCUT2D eigenvalue weighted by atomic mass is 15.3. The first kappa shape index (κ1) is 29.7. The molecule has 0 atom stereocenters. The zero-order valence-electron chi connectivity index (χ0n) is 26.7. The molecular weight excluding hydrogens is 573 g/mol. The van der Waals surface area contributed by atoms with Crippen molar-refractivity contribution in [3.05, 3.63) is 181 Å². The second-order valence-corrected chi connectivity index (χ2v) is 12.1. The van der Waals surface area contributed by atoms with E-state index in [4.69, 9.17) is 0 Å². The molecule has 7 rings (SSSR count). The first-order valence-electron chi connectivity index (χ1n) is 15.8. The Kier molecular flexibility index (Phi) is 7.85. The maximum absolute atomic E-state index is 4.67. The molecule has 0 bridgehead atoms. The summed E-state index contributed by atoms with van der Waals surface area (Å²) < 4.78 is 0. The van der Waals surface area contributed by atoms with Gasteiger partial charge in [-0.2, -0.15) is 0 Å². The Morgan fingerprint density at radius 3 is 1.91 bits per heavy atom. The van der Waals surface area contributed by atoms with Crippen LogP contribution < -0.4 is 9.80 Å². The fraction of sp³-hybridized carbons (Fsp3) is 0.0698. The van der Waals surface area contributed by atoms with Crippen LogP contribution in [0.2, 0.25) is 0 Å². The van der Waals surface area contributed by atoms with Crippen molar-refractivity contribution in [3.8, 4) is 22.3 Å². The van der Waals surface area contributed by atoms with E-state index in [-0.39, 0.29) is 5.41 Å². The van der Waals surface area contributed by atoms with Crippen molar-refractivity contribution >= 4 is 35.3 Å². The van der Waals surface area contributed by atoms with Gasteiger partial charge in [0.1, 0.15) is 11.6 Å². The fourth-order valence-corrected chi connectivity index (χ4v) is 6.57. The van der Waals surface area contributed by atoms with Gasteiger partial charge in [0.2, 0.25) is 0 Å². The third-order valence-electron chi connectivity index (χ3n) is 8.95. The molecule has 1 aliphatic heterocycles. The molecule has 1 aromatic heterocycles. The van der Waals surface area contributed by atoms with Gasteiger partial charge < -0.3 is 4.90 Å². The van der Waals surface area contributed by atoms with E-state index in [0.717, 1.165) is 51.1 Å². The van der Waals surface area contributed by atoms with Gasteiger partial charge in [-0.25, -0.2) is 9.98 Å². The van der Waals surface area contributed by atoms with Crippen molar-refractivity contribution in [2.75, 3.05) is 9.80 Å². The van der Waals surface area contributed by atoms with E-state index >= 15 is 0 Å². The van der Waals surface area contributed by atoms with Crippen LogP contribution in [0.4, 0.5) is 28.6 Å². The van der Waals surface area contributed by atoms with Crippen LogP contribution in [0.25, 0.3) is 22.3 Å². The molecule has 6 aromatic rings. The van der Waals surface area contributed by atoms with Gasteiger partial charge >= 0.3 is 0 Å². The molecule has 0 saturated heterocycles. The predicted molar refractivity (Wildman–Crippen MR) is 198 cm³/mol. The Labute approximate surface area is 277 Å². The minimum atomic E-state index is -0.358. The van der Waals surface area contributed by atoms with E-state index in [0.29, 0.717) is 0 Å². The lowest BCUT2D eigenvalue weighted by molar-refractivity contribution is 0.616. The Morgan fingerprint density at radius 2 is 1.23 bits per heavy atom. The van der Waals surface area contributed by atoms with Gasteiger partial charge in [-0.3, -0.25) is 4.90 Å². The molecule has 0 aliphatic carbocycles. The second-order valence-electron chi connectivity index (χ2n) is 12.1. The molecule has 0 radical (unpaired) electrons. The highest BCUT2D eigenvalue weighted by Gasteiger charge is 2.38. The zero-order chi connectivity index (χ0) is 32.4. The number of nitrogens with zero attached hydrogens (tertiary/aromatic N) is 4. The molecule has 0 unspecified atom stereocenters. The van der Waals surface area contributed by atoms with Crippen molar-refractivity contribution in [2.45, 2.75) is 19.3 Å². The van der Waals surface area contributed by atoms with Crippen LogP contribution >= 0.6 is 0 Å². The standard InChI is InChI=1S/C43H36N4/c1-5-38-42(44-4)47(41-21-12-13-28-45-41)40-27-24-34(30-39(40)43(38,2)3)33-17-14-20-37(29-33)46(35-18-10-7-11-19-35)36-25-22-32(23-26-36)31-15-8-6-9-16-31/h5-30H,1,4H2,2-3H3. The summed E-state index contributed by atoms with van der Waals surface area (Å²) in [7, 11) is 0. The summed E-state index contributed by atoms with van der Waals surface area (Å²) in [6.45, 7) is 12.5. The summed E-state index contributed by atoms with van der Waals surface area (Å²) in [6, 6.07) is 51.1. The van der Waals surface area contributed by atoms with Crippen LogP contribution in [0.5, 0.6) is 0 Å². The zero-order valence-corrected chi connectivity index (χ0v) is 26.7. The number of para-hydroxylation sites is 1. The summed E-state index contributed by atoms with van der Waals surface area (Å²) >= 11 is 0. The van der Waals surface area contributed by atoms with Gasteiger partial charge in [0, 0.05) is 34.2 Å². The third-order valence-corrected chi connectivity index (χ3v) is 8.95. The number of anilines is 5. The van der Waals surface area contributed by atoms with E-state index in [1.807, 2.05) is 30.3 Å². The molecule has 228 valence electrons. The van der Waals surface area contributed by atoms with Crippen LogP contribution in [-0.2, 0) is 5.41 Å². The highest BCUT2D eigenvalue weighted by Crippen LogP contribution is 2.49. The molecule has 5 aromatic carbocycles. The predicted octanol–water partition coefficient (Wildman–Crippen LogP) is 11.4. The number of fused-ring (bicyclic) bond motifs is 1. The van der Waals surface area contributed by atoms with Crippen LogP contribution in [0, 0.1) is 0 Å². The Morgan fingerprint density at radius 1 is 0.638 bits per heavy atom. The minimum absolute atomic E-state index is 0.358. The molecule has 4 heteroatoms. The number of benzene rings is 5. The largest absolute Gasteiger partial charge is 0.310 e. The smallest absolute Gasteiger partial charge is 0.142 e. The number of rotatable bonds is 8.